The summed E-state index contributed by atoms with van der Waals surface area (Å²) in [5.41, 5.74) is -1.59. The molecule has 0 saturated heterocycles. The van der Waals surface area contributed by atoms with Crippen LogP contribution in [0.5, 0.6) is 0 Å². The standard InChI is InChI=1S/C15H17NS.C7H8O3S.CHF3O3S/c1-2-11-4-3-5-14-13(11)10-15(17-14)12-6-8-16-9-7-12;1-6-2-4-7(5-3-6)11(8,9)10;2-1(3,4)8(5,6)7/h3-6,10,16H,2,7-9H2,1H3;2-5H,1H3,(H,8,9,10);(H,5,6,7). The summed E-state index contributed by atoms with van der Waals surface area (Å²) in [6.07, 6.45) is 4.61. The van der Waals surface area contributed by atoms with E-state index in [4.69, 9.17) is 17.5 Å². The zero-order chi connectivity index (χ0) is 27.1. The second kappa shape index (κ2) is 12.3. The van der Waals surface area contributed by atoms with Gasteiger partial charge >= 0.3 is 15.6 Å². The first-order valence-electron chi connectivity index (χ1n) is 10.6. The summed E-state index contributed by atoms with van der Waals surface area (Å²) in [6.45, 7) is 6.20. The van der Waals surface area contributed by atoms with Crippen molar-refractivity contribution in [2.24, 2.45) is 0 Å². The fourth-order valence-electron chi connectivity index (χ4n) is 3.14. The van der Waals surface area contributed by atoms with Crippen molar-refractivity contribution in [3.63, 3.8) is 0 Å². The van der Waals surface area contributed by atoms with Crippen molar-refractivity contribution in [3.05, 3.63) is 70.6 Å². The van der Waals surface area contributed by atoms with Crippen molar-refractivity contribution in [2.45, 2.75) is 37.1 Å². The second-order valence-electron chi connectivity index (χ2n) is 7.69. The van der Waals surface area contributed by atoms with Crippen molar-refractivity contribution < 1.29 is 39.1 Å². The Morgan fingerprint density at radius 2 is 1.64 bits per heavy atom. The quantitative estimate of drug-likeness (QED) is 0.284. The summed E-state index contributed by atoms with van der Waals surface area (Å²) < 4.78 is 88.5. The maximum atomic E-state index is 10.7. The lowest BCUT2D eigenvalue weighted by atomic mass is 10.0. The molecule has 7 nitrogen and oxygen atoms in total. The highest BCUT2D eigenvalue weighted by Gasteiger charge is 2.44. The van der Waals surface area contributed by atoms with Gasteiger partial charge in [0.05, 0.1) is 4.90 Å². The summed E-state index contributed by atoms with van der Waals surface area (Å²) >= 11 is 1.94. The Morgan fingerprint density at radius 3 is 2.11 bits per heavy atom. The first-order chi connectivity index (χ1) is 16.6. The van der Waals surface area contributed by atoms with Crippen LogP contribution in [0.25, 0.3) is 15.7 Å². The predicted molar refractivity (Wildman–Crippen MR) is 135 cm³/mol. The van der Waals surface area contributed by atoms with E-state index in [9.17, 15) is 21.6 Å². The number of hydrogen-bond acceptors (Lipinski definition) is 6. The van der Waals surface area contributed by atoms with Gasteiger partial charge in [-0.25, -0.2) is 0 Å². The van der Waals surface area contributed by atoms with E-state index in [1.165, 1.54) is 38.2 Å². The van der Waals surface area contributed by atoms with E-state index >= 15 is 0 Å². The summed E-state index contributed by atoms with van der Waals surface area (Å²) in [5, 5.41) is 4.82. The van der Waals surface area contributed by atoms with Crippen LogP contribution in [0.2, 0.25) is 0 Å². The first-order valence-corrected chi connectivity index (χ1v) is 14.3. The Hall–Kier alpha value is -2.29. The molecular formula is C23H26F3NO6S3. The van der Waals surface area contributed by atoms with Gasteiger partial charge in [0.2, 0.25) is 0 Å². The van der Waals surface area contributed by atoms with Gasteiger partial charge in [-0.05, 0) is 67.1 Å². The number of halogens is 3. The second-order valence-corrected chi connectivity index (χ2v) is 11.6. The minimum atomic E-state index is -5.84. The first kappa shape index (κ1) is 29.9. The molecule has 0 atom stereocenters. The van der Waals surface area contributed by atoms with Crippen molar-refractivity contribution in [1.82, 2.24) is 5.32 Å². The van der Waals surface area contributed by atoms with E-state index < -0.39 is 25.7 Å². The van der Waals surface area contributed by atoms with E-state index in [0.29, 0.717) is 0 Å². The molecule has 0 amide bonds. The lowest BCUT2D eigenvalue weighted by Crippen LogP contribution is -2.21. The minimum absolute atomic E-state index is 0.0666. The highest BCUT2D eigenvalue weighted by molar-refractivity contribution is 7.86. The monoisotopic (exact) mass is 565 g/mol. The molecule has 198 valence electrons. The van der Waals surface area contributed by atoms with Crippen LogP contribution in [0.3, 0.4) is 0 Å². The molecule has 13 heteroatoms. The van der Waals surface area contributed by atoms with E-state index in [0.717, 1.165) is 31.5 Å². The van der Waals surface area contributed by atoms with Gasteiger partial charge in [0, 0.05) is 16.1 Å². The molecule has 3 aromatic rings. The smallest absolute Gasteiger partial charge is 0.313 e. The van der Waals surface area contributed by atoms with E-state index in [-0.39, 0.29) is 4.90 Å². The Bertz CT molecular complexity index is 1410. The molecular weight excluding hydrogens is 539 g/mol. The third-order valence-electron chi connectivity index (χ3n) is 5.02. The fraction of sp³-hybridized carbons (Fsp3) is 0.304. The van der Waals surface area contributed by atoms with Crippen LogP contribution in [0.4, 0.5) is 13.2 Å². The highest BCUT2D eigenvalue weighted by Crippen LogP contribution is 2.34. The zero-order valence-corrected chi connectivity index (χ0v) is 21.9. The SMILES string of the molecule is CCc1cccc2sc(C3=CCNCC3)cc12.Cc1ccc(S(=O)(=O)O)cc1.O=S(=O)(O)C(F)(F)F. The van der Waals surface area contributed by atoms with Crippen molar-refractivity contribution in [3.8, 4) is 0 Å². The Kier molecular flexibility index (Phi) is 10.2. The number of hydrogen-bond donors (Lipinski definition) is 3. The number of aryl methyl sites for hydroxylation is 2. The molecule has 0 spiro atoms. The van der Waals surface area contributed by atoms with Crippen molar-refractivity contribution >= 4 is 47.2 Å². The Labute approximate surface area is 212 Å². The van der Waals surface area contributed by atoms with Gasteiger partial charge in [-0.2, -0.15) is 30.0 Å². The molecule has 0 unspecified atom stereocenters. The summed E-state index contributed by atoms with van der Waals surface area (Å²) in [5.74, 6) is 0. The third-order valence-corrected chi connectivity index (χ3v) is 7.65. The maximum absolute atomic E-state index is 10.7. The third kappa shape index (κ3) is 8.68. The Morgan fingerprint density at radius 1 is 1.03 bits per heavy atom. The van der Waals surface area contributed by atoms with E-state index in [1.54, 1.807) is 12.1 Å². The number of nitrogens with one attached hydrogen (secondary N) is 1. The molecule has 4 rings (SSSR count). The van der Waals surface area contributed by atoms with Gasteiger partial charge in [-0.1, -0.05) is 42.8 Å². The van der Waals surface area contributed by atoms with Gasteiger partial charge in [0.1, 0.15) is 0 Å². The number of alkyl halides is 3. The van der Waals surface area contributed by atoms with Crippen LogP contribution >= 0.6 is 11.3 Å². The summed E-state index contributed by atoms with van der Waals surface area (Å²) in [7, 11) is -9.86. The van der Waals surface area contributed by atoms with Crippen LogP contribution in [-0.4, -0.2) is 44.5 Å². The molecule has 1 aliphatic rings. The molecule has 0 aliphatic carbocycles. The van der Waals surface area contributed by atoms with Gasteiger partial charge in [0.15, 0.2) is 0 Å². The molecule has 0 radical (unpaired) electrons. The van der Waals surface area contributed by atoms with Gasteiger partial charge in [0.25, 0.3) is 10.1 Å². The van der Waals surface area contributed by atoms with Crippen LogP contribution in [0.15, 0.2) is 59.5 Å². The molecule has 0 bridgehead atoms. The van der Waals surface area contributed by atoms with E-state index in [2.05, 4.69) is 42.6 Å². The number of fused-ring (bicyclic) bond motifs is 1. The molecule has 0 fully saturated rings. The van der Waals surface area contributed by atoms with Crippen LogP contribution < -0.4 is 5.32 Å². The van der Waals surface area contributed by atoms with Crippen molar-refractivity contribution in [1.29, 1.82) is 0 Å². The molecule has 2 heterocycles. The van der Waals surface area contributed by atoms with Gasteiger partial charge in [-0.3, -0.25) is 9.11 Å². The lowest BCUT2D eigenvalue weighted by molar-refractivity contribution is -0.0510. The molecule has 0 saturated carbocycles. The maximum Gasteiger partial charge on any atom is 0.522 e. The van der Waals surface area contributed by atoms with Crippen LogP contribution in [0, 0.1) is 6.92 Å². The molecule has 2 aromatic carbocycles. The topological polar surface area (TPSA) is 121 Å². The Balaban J connectivity index is 0.000000208. The molecule has 3 N–H and O–H groups in total. The van der Waals surface area contributed by atoms with Crippen LogP contribution in [-0.2, 0) is 26.7 Å². The molecule has 1 aliphatic heterocycles. The van der Waals surface area contributed by atoms with E-state index in [1.807, 2.05) is 18.3 Å². The predicted octanol–water partition coefficient (Wildman–Crippen LogP) is 5.48. The lowest BCUT2D eigenvalue weighted by Gasteiger charge is -2.11. The minimum Gasteiger partial charge on any atom is -0.313 e. The van der Waals surface area contributed by atoms with Crippen molar-refractivity contribution in [2.75, 3.05) is 13.1 Å². The number of benzene rings is 2. The van der Waals surface area contributed by atoms with Gasteiger partial charge in [-0.15, -0.1) is 11.3 Å². The average Bonchev–Trinajstić information content (AvgIpc) is 3.23. The fourth-order valence-corrected chi connectivity index (χ4v) is 4.80. The average molecular weight is 566 g/mol. The summed E-state index contributed by atoms with van der Waals surface area (Å²) in [6, 6.07) is 15.0. The largest absolute Gasteiger partial charge is 0.522 e. The van der Waals surface area contributed by atoms with Gasteiger partial charge < -0.3 is 5.32 Å². The number of rotatable bonds is 3. The zero-order valence-electron chi connectivity index (χ0n) is 19.4. The normalized spacial score (nSPS) is 14.2. The summed E-state index contributed by atoms with van der Waals surface area (Å²) in [4.78, 5) is 1.39. The highest BCUT2D eigenvalue weighted by atomic mass is 32.2. The molecule has 36 heavy (non-hydrogen) atoms. The number of thiophene rings is 1. The van der Waals surface area contributed by atoms with Crippen LogP contribution in [0.1, 0.15) is 29.3 Å². The molecule has 1 aromatic heterocycles.